The Morgan fingerprint density at radius 3 is 2.65 bits per heavy atom. The normalized spacial score (nSPS) is 10.6. The second-order valence-corrected chi connectivity index (χ2v) is 6.63. The number of ether oxygens (including phenoxy) is 1. The molecular formula is C19H18BrClN2O3. The van der Waals surface area contributed by atoms with Crippen molar-refractivity contribution < 1.29 is 14.3 Å². The van der Waals surface area contributed by atoms with Crippen LogP contribution >= 0.6 is 27.5 Å². The molecule has 0 atom stereocenters. The summed E-state index contributed by atoms with van der Waals surface area (Å²) in [6.07, 6.45) is 3.40. The average molecular weight is 438 g/mol. The minimum Gasteiger partial charge on any atom is -0.496 e. The third-order valence-electron chi connectivity index (χ3n) is 3.44. The summed E-state index contributed by atoms with van der Waals surface area (Å²) in [6.45, 7) is 1.76. The molecule has 0 bridgehead atoms. The molecule has 136 valence electrons. The summed E-state index contributed by atoms with van der Waals surface area (Å²) in [4.78, 5) is 23.7. The van der Waals surface area contributed by atoms with Gasteiger partial charge in [0.05, 0.1) is 17.8 Å². The van der Waals surface area contributed by atoms with Crippen LogP contribution < -0.4 is 15.4 Å². The van der Waals surface area contributed by atoms with E-state index < -0.39 is 0 Å². The molecule has 0 aromatic heterocycles. The van der Waals surface area contributed by atoms with E-state index in [0.29, 0.717) is 28.6 Å². The summed E-state index contributed by atoms with van der Waals surface area (Å²) in [6, 6.07) is 10.4. The second-order valence-electron chi connectivity index (χ2n) is 5.31. The maximum atomic E-state index is 12.2. The first-order valence-corrected chi connectivity index (χ1v) is 9.02. The fourth-order valence-electron chi connectivity index (χ4n) is 2.12. The average Bonchev–Trinajstić information content (AvgIpc) is 2.62. The molecule has 0 aliphatic carbocycles. The topological polar surface area (TPSA) is 67.4 Å². The number of amides is 2. The van der Waals surface area contributed by atoms with Crippen LogP contribution in [0.1, 0.15) is 18.9 Å². The zero-order valence-corrected chi connectivity index (χ0v) is 16.6. The van der Waals surface area contributed by atoms with Gasteiger partial charge in [-0.15, -0.1) is 0 Å². The van der Waals surface area contributed by atoms with Crippen molar-refractivity contribution in [2.24, 2.45) is 0 Å². The Morgan fingerprint density at radius 2 is 1.96 bits per heavy atom. The maximum Gasteiger partial charge on any atom is 0.248 e. The number of benzene rings is 2. The molecule has 2 aromatic rings. The summed E-state index contributed by atoms with van der Waals surface area (Å²) >= 11 is 9.51. The van der Waals surface area contributed by atoms with Crippen LogP contribution in [0, 0.1) is 0 Å². The molecule has 0 unspecified atom stereocenters. The number of carbonyl (C=O) groups excluding carboxylic acids is 2. The third-order valence-corrected chi connectivity index (χ3v) is 4.26. The maximum absolute atomic E-state index is 12.2. The summed E-state index contributed by atoms with van der Waals surface area (Å²) < 4.78 is 6.14. The van der Waals surface area contributed by atoms with Gasteiger partial charge in [0.1, 0.15) is 5.75 Å². The van der Waals surface area contributed by atoms with Gasteiger partial charge in [0, 0.05) is 28.2 Å². The standard InChI is InChI=1S/C19H18BrClN2O3/c1-3-18(24)22-14-6-7-15(21)16(11-14)23-19(25)9-4-12-10-13(20)5-8-17(12)26-2/h4-11H,3H2,1-2H3,(H,22,24)(H,23,25). The Hall–Kier alpha value is -2.31. The van der Waals surface area contributed by atoms with Gasteiger partial charge in [0.25, 0.3) is 0 Å². The predicted octanol–water partition coefficient (Wildman–Crippen LogP) is 5.11. The Balaban J connectivity index is 2.13. The number of rotatable bonds is 6. The molecule has 2 N–H and O–H groups in total. The number of hydrogen-bond donors (Lipinski definition) is 2. The Morgan fingerprint density at radius 1 is 1.19 bits per heavy atom. The zero-order chi connectivity index (χ0) is 19.1. The smallest absolute Gasteiger partial charge is 0.248 e. The van der Waals surface area contributed by atoms with E-state index in [0.717, 1.165) is 10.0 Å². The molecule has 26 heavy (non-hydrogen) atoms. The Bertz CT molecular complexity index is 853. The van der Waals surface area contributed by atoms with Crippen LogP contribution in [0.4, 0.5) is 11.4 Å². The van der Waals surface area contributed by atoms with E-state index >= 15 is 0 Å². The van der Waals surface area contributed by atoms with Crippen LogP contribution in [0.5, 0.6) is 5.75 Å². The summed E-state index contributed by atoms with van der Waals surface area (Å²) in [5, 5.41) is 5.80. The monoisotopic (exact) mass is 436 g/mol. The van der Waals surface area contributed by atoms with Crippen molar-refractivity contribution in [3.63, 3.8) is 0 Å². The van der Waals surface area contributed by atoms with Crippen LogP contribution in [0.2, 0.25) is 5.02 Å². The highest BCUT2D eigenvalue weighted by atomic mass is 79.9. The van der Waals surface area contributed by atoms with Crippen molar-refractivity contribution >= 4 is 56.8 Å². The minimum atomic E-state index is -0.354. The first-order chi connectivity index (χ1) is 12.4. The van der Waals surface area contributed by atoms with Crippen molar-refractivity contribution in [3.8, 4) is 5.75 Å². The first-order valence-electron chi connectivity index (χ1n) is 7.85. The molecule has 0 aliphatic rings. The molecule has 0 fully saturated rings. The fraction of sp³-hybridized carbons (Fsp3) is 0.158. The lowest BCUT2D eigenvalue weighted by Crippen LogP contribution is -2.11. The summed E-state index contributed by atoms with van der Waals surface area (Å²) in [5.74, 6) is 0.179. The molecule has 7 heteroatoms. The van der Waals surface area contributed by atoms with Crippen molar-refractivity contribution in [2.75, 3.05) is 17.7 Å². The molecule has 2 aromatic carbocycles. The minimum absolute atomic E-state index is 0.119. The van der Waals surface area contributed by atoms with E-state index in [9.17, 15) is 9.59 Å². The largest absolute Gasteiger partial charge is 0.496 e. The lowest BCUT2D eigenvalue weighted by Gasteiger charge is -2.09. The van der Waals surface area contributed by atoms with Crippen LogP contribution in [0.15, 0.2) is 46.9 Å². The SMILES string of the molecule is CCC(=O)Nc1ccc(Cl)c(NC(=O)C=Cc2cc(Br)ccc2OC)c1. The fourth-order valence-corrected chi connectivity index (χ4v) is 2.67. The van der Waals surface area contributed by atoms with Crippen molar-refractivity contribution in [3.05, 3.63) is 57.5 Å². The van der Waals surface area contributed by atoms with Crippen molar-refractivity contribution in [2.45, 2.75) is 13.3 Å². The van der Waals surface area contributed by atoms with E-state index in [1.54, 1.807) is 44.4 Å². The zero-order valence-electron chi connectivity index (χ0n) is 14.3. The molecule has 2 amide bonds. The van der Waals surface area contributed by atoms with Gasteiger partial charge < -0.3 is 15.4 Å². The predicted molar refractivity (Wildman–Crippen MR) is 109 cm³/mol. The van der Waals surface area contributed by atoms with Gasteiger partial charge in [0.15, 0.2) is 0 Å². The van der Waals surface area contributed by atoms with Gasteiger partial charge >= 0.3 is 0 Å². The Kier molecular flexibility index (Phi) is 7.24. The third kappa shape index (κ3) is 5.61. The Labute approximate surface area is 165 Å². The number of nitrogens with one attached hydrogen (secondary N) is 2. The van der Waals surface area contributed by atoms with Crippen LogP contribution in [0.25, 0.3) is 6.08 Å². The molecule has 0 saturated carbocycles. The molecule has 0 saturated heterocycles. The number of methoxy groups -OCH3 is 1. The highest BCUT2D eigenvalue weighted by Crippen LogP contribution is 2.26. The van der Waals surface area contributed by atoms with E-state index in [-0.39, 0.29) is 11.8 Å². The van der Waals surface area contributed by atoms with Crippen LogP contribution in [-0.4, -0.2) is 18.9 Å². The van der Waals surface area contributed by atoms with Gasteiger partial charge in [-0.2, -0.15) is 0 Å². The highest BCUT2D eigenvalue weighted by molar-refractivity contribution is 9.10. The van der Waals surface area contributed by atoms with Crippen molar-refractivity contribution in [1.82, 2.24) is 0 Å². The molecule has 5 nitrogen and oxygen atoms in total. The first kappa shape index (κ1) is 20.0. The lowest BCUT2D eigenvalue weighted by molar-refractivity contribution is -0.116. The van der Waals surface area contributed by atoms with Gasteiger partial charge in [-0.1, -0.05) is 34.5 Å². The number of halogens is 2. The number of carbonyl (C=O) groups is 2. The molecule has 0 aliphatic heterocycles. The van der Waals surface area contributed by atoms with Crippen LogP contribution in [-0.2, 0) is 9.59 Å². The number of hydrogen-bond acceptors (Lipinski definition) is 3. The molecule has 2 rings (SSSR count). The molecule has 0 spiro atoms. The molecule has 0 radical (unpaired) electrons. The number of anilines is 2. The second kappa shape index (κ2) is 9.40. The van der Waals surface area contributed by atoms with Gasteiger partial charge in [0.2, 0.25) is 11.8 Å². The molecular weight excluding hydrogens is 420 g/mol. The van der Waals surface area contributed by atoms with Gasteiger partial charge in [-0.25, -0.2) is 0 Å². The van der Waals surface area contributed by atoms with Crippen molar-refractivity contribution in [1.29, 1.82) is 0 Å². The van der Waals surface area contributed by atoms with E-state index in [1.807, 2.05) is 12.1 Å². The summed E-state index contributed by atoms with van der Waals surface area (Å²) in [7, 11) is 1.57. The lowest BCUT2D eigenvalue weighted by atomic mass is 10.2. The van der Waals surface area contributed by atoms with E-state index in [1.165, 1.54) is 6.08 Å². The molecule has 0 heterocycles. The highest BCUT2D eigenvalue weighted by Gasteiger charge is 2.07. The van der Waals surface area contributed by atoms with Gasteiger partial charge in [-0.05, 0) is 42.5 Å². The quantitative estimate of drug-likeness (QED) is 0.617. The van der Waals surface area contributed by atoms with Crippen LogP contribution in [0.3, 0.4) is 0 Å². The van der Waals surface area contributed by atoms with Gasteiger partial charge in [-0.3, -0.25) is 9.59 Å². The van der Waals surface area contributed by atoms with E-state index in [4.69, 9.17) is 16.3 Å². The summed E-state index contributed by atoms with van der Waals surface area (Å²) in [5.41, 5.74) is 1.73. The van der Waals surface area contributed by atoms with E-state index in [2.05, 4.69) is 26.6 Å².